The van der Waals surface area contributed by atoms with Gasteiger partial charge in [-0.05, 0) is 36.9 Å². The number of benzene rings is 1. The highest BCUT2D eigenvalue weighted by Crippen LogP contribution is 2.48. The quantitative estimate of drug-likeness (QED) is 0.790. The van der Waals surface area contributed by atoms with Crippen LogP contribution in [-0.2, 0) is 9.53 Å². The number of anilines is 1. The van der Waals surface area contributed by atoms with Crippen molar-refractivity contribution < 1.29 is 14.3 Å². The number of thioether (sulfide) groups is 1. The maximum Gasteiger partial charge on any atom is 0.256 e. The molecule has 0 radical (unpaired) electrons. The lowest BCUT2D eigenvalue weighted by Crippen LogP contribution is -2.25. The topological polar surface area (TPSA) is 76.3 Å². The molecule has 4 rings (SSSR count). The Bertz CT molecular complexity index is 1040. The van der Waals surface area contributed by atoms with Gasteiger partial charge in [-0.25, -0.2) is 0 Å². The number of nitrogens with one attached hydrogen (secondary N) is 2. The Morgan fingerprint density at radius 3 is 2.86 bits per heavy atom. The fourth-order valence-corrected chi connectivity index (χ4v) is 4.49. The van der Waals surface area contributed by atoms with E-state index in [0.717, 1.165) is 17.0 Å². The van der Waals surface area contributed by atoms with Gasteiger partial charge in [0.1, 0.15) is 17.3 Å². The number of fused-ring (bicyclic) bond motifs is 3. The van der Waals surface area contributed by atoms with Crippen LogP contribution in [-0.4, -0.2) is 29.2 Å². The Morgan fingerprint density at radius 2 is 2.11 bits per heavy atom. The van der Waals surface area contributed by atoms with Crippen LogP contribution in [0.1, 0.15) is 25.5 Å². The molecule has 0 spiro atoms. The monoisotopic (exact) mass is 395 g/mol. The Hall–Kier alpha value is -2.93. The van der Waals surface area contributed by atoms with Crippen LogP contribution in [0.4, 0.5) is 5.69 Å². The number of para-hydroxylation sites is 2. The van der Waals surface area contributed by atoms with Gasteiger partial charge in [0.25, 0.3) is 5.91 Å². The van der Waals surface area contributed by atoms with Gasteiger partial charge >= 0.3 is 0 Å². The molecule has 144 valence electrons. The predicted molar refractivity (Wildman–Crippen MR) is 111 cm³/mol. The van der Waals surface area contributed by atoms with Gasteiger partial charge in [-0.15, -0.1) is 0 Å². The van der Waals surface area contributed by atoms with E-state index in [9.17, 15) is 4.79 Å². The van der Waals surface area contributed by atoms with E-state index in [1.165, 1.54) is 0 Å². The van der Waals surface area contributed by atoms with E-state index in [1.807, 2.05) is 42.0 Å². The van der Waals surface area contributed by atoms with Crippen LogP contribution in [0.2, 0.25) is 0 Å². The average Bonchev–Trinajstić information content (AvgIpc) is 3.26. The van der Waals surface area contributed by atoms with Gasteiger partial charge in [0, 0.05) is 11.9 Å². The fourth-order valence-electron chi connectivity index (χ4n) is 3.67. The average molecular weight is 395 g/mol. The van der Waals surface area contributed by atoms with Crippen molar-refractivity contribution in [2.24, 2.45) is 0 Å². The van der Waals surface area contributed by atoms with E-state index >= 15 is 0 Å². The maximum absolute atomic E-state index is 13.3. The van der Waals surface area contributed by atoms with Crippen molar-refractivity contribution in [3.63, 3.8) is 0 Å². The van der Waals surface area contributed by atoms with Gasteiger partial charge in [-0.3, -0.25) is 10.2 Å². The lowest BCUT2D eigenvalue weighted by atomic mass is 9.87. The largest absolute Gasteiger partial charge is 0.495 e. The Kier molecular flexibility index (Phi) is 4.77. The lowest BCUT2D eigenvalue weighted by molar-refractivity contribution is -0.113. The van der Waals surface area contributed by atoms with Gasteiger partial charge in [-0.2, -0.15) is 0 Å². The van der Waals surface area contributed by atoms with Crippen LogP contribution < -0.4 is 10.1 Å². The minimum Gasteiger partial charge on any atom is -0.495 e. The summed E-state index contributed by atoms with van der Waals surface area (Å²) < 4.78 is 13.2. The SMILES string of the molecule is CCSC1=C2C(=N)n3cccc3C2C(C(=O)Nc2ccccc2OC)=C(C)O1. The summed E-state index contributed by atoms with van der Waals surface area (Å²) >= 11 is 1.55. The van der Waals surface area contributed by atoms with Gasteiger partial charge in [0.2, 0.25) is 0 Å². The van der Waals surface area contributed by atoms with Gasteiger partial charge in [-0.1, -0.05) is 30.8 Å². The van der Waals surface area contributed by atoms with E-state index in [-0.39, 0.29) is 11.8 Å². The summed E-state index contributed by atoms with van der Waals surface area (Å²) in [6.07, 6.45) is 1.85. The molecule has 0 saturated carbocycles. The van der Waals surface area contributed by atoms with E-state index in [2.05, 4.69) is 5.32 Å². The summed E-state index contributed by atoms with van der Waals surface area (Å²) in [6.45, 7) is 3.85. The molecule has 1 aromatic heterocycles. The summed E-state index contributed by atoms with van der Waals surface area (Å²) in [4.78, 5) is 13.3. The second-order valence-corrected chi connectivity index (χ2v) is 7.68. The van der Waals surface area contributed by atoms with Crippen LogP contribution in [0.3, 0.4) is 0 Å². The van der Waals surface area contributed by atoms with Crippen LogP contribution in [0.25, 0.3) is 0 Å². The molecule has 1 atom stereocenters. The molecule has 0 aliphatic carbocycles. The third-order valence-corrected chi connectivity index (χ3v) is 5.72. The number of methoxy groups -OCH3 is 1. The Morgan fingerprint density at radius 1 is 1.32 bits per heavy atom. The van der Waals surface area contributed by atoms with Gasteiger partial charge in [0.15, 0.2) is 5.09 Å². The number of aromatic nitrogens is 1. The highest BCUT2D eigenvalue weighted by molar-refractivity contribution is 8.02. The molecule has 0 bridgehead atoms. The molecule has 1 unspecified atom stereocenters. The molecule has 28 heavy (non-hydrogen) atoms. The van der Waals surface area contributed by atoms with Crippen molar-refractivity contribution in [1.29, 1.82) is 5.41 Å². The molecule has 0 fully saturated rings. The molecule has 7 heteroatoms. The summed E-state index contributed by atoms with van der Waals surface area (Å²) in [6, 6.07) is 11.1. The summed E-state index contributed by atoms with van der Waals surface area (Å²) in [5.74, 6) is 1.75. The molecule has 6 nitrogen and oxygen atoms in total. The number of amides is 1. The van der Waals surface area contributed by atoms with Crippen molar-refractivity contribution >= 4 is 29.2 Å². The zero-order valence-corrected chi connectivity index (χ0v) is 16.7. The van der Waals surface area contributed by atoms with E-state index in [1.54, 1.807) is 37.9 Å². The van der Waals surface area contributed by atoms with Crippen LogP contribution in [0, 0.1) is 5.41 Å². The third kappa shape index (κ3) is 2.82. The van der Waals surface area contributed by atoms with E-state index < -0.39 is 0 Å². The number of rotatable bonds is 5. The molecule has 3 heterocycles. The summed E-state index contributed by atoms with van der Waals surface area (Å²) in [5, 5.41) is 12.2. The minimum atomic E-state index is -0.319. The molecule has 2 aliphatic heterocycles. The highest BCUT2D eigenvalue weighted by Gasteiger charge is 2.44. The second-order valence-electron chi connectivity index (χ2n) is 6.45. The smallest absolute Gasteiger partial charge is 0.256 e. The molecule has 0 saturated heterocycles. The number of hydrogen-bond acceptors (Lipinski definition) is 5. The number of carbonyl (C=O) groups is 1. The van der Waals surface area contributed by atoms with E-state index in [0.29, 0.717) is 33.7 Å². The Labute approximate surface area is 167 Å². The first kappa shape index (κ1) is 18.4. The molecule has 1 amide bonds. The van der Waals surface area contributed by atoms with Crippen LogP contribution in [0.5, 0.6) is 5.75 Å². The molecule has 2 N–H and O–H groups in total. The fraction of sp³-hybridized carbons (Fsp3) is 0.238. The zero-order valence-electron chi connectivity index (χ0n) is 15.9. The molecule has 1 aromatic carbocycles. The number of ether oxygens (including phenoxy) is 2. The minimum absolute atomic E-state index is 0.257. The zero-order chi connectivity index (χ0) is 19.8. The van der Waals surface area contributed by atoms with Crippen molar-refractivity contribution in [3.8, 4) is 5.75 Å². The summed E-state index contributed by atoms with van der Waals surface area (Å²) in [5.41, 5.74) is 2.77. The molecular weight excluding hydrogens is 374 g/mol. The number of hydrogen-bond donors (Lipinski definition) is 2. The molecule has 2 aliphatic rings. The second kappa shape index (κ2) is 7.24. The van der Waals surface area contributed by atoms with Crippen molar-refractivity contribution in [3.05, 3.63) is 70.3 Å². The highest BCUT2D eigenvalue weighted by atomic mass is 32.2. The van der Waals surface area contributed by atoms with Gasteiger partial charge in [0.05, 0.1) is 29.9 Å². The third-order valence-electron chi connectivity index (χ3n) is 4.87. The van der Waals surface area contributed by atoms with E-state index in [4.69, 9.17) is 14.9 Å². The molecule has 2 aromatic rings. The molecular formula is C21H21N3O3S. The summed E-state index contributed by atoms with van der Waals surface area (Å²) in [7, 11) is 1.57. The van der Waals surface area contributed by atoms with Crippen molar-refractivity contribution in [2.75, 3.05) is 18.2 Å². The van der Waals surface area contributed by atoms with Crippen LogP contribution >= 0.6 is 11.8 Å². The van der Waals surface area contributed by atoms with Crippen LogP contribution in [0.15, 0.2) is 64.6 Å². The number of nitrogens with zero attached hydrogens (tertiary/aromatic N) is 1. The van der Waals surface area contributed by atoms with Crippen molar-refractivity contribution in [1.82, 2.24) is 4.57 Å². The maximum atomic E-state index is 13.3. The first-order valence-corrected chi connectivity index (χ1v) is 10.0. The first-order chi connectivity index (χ1) is 13.6. The lowest BCUT2D eigenvalue weighted by Gasteiger charge is -2.26. The first-order valence-electron chi connectivity index (χ1n) is 9.03. The van der Waals surface area contributed by atoms with Gasteiger partial charge < -0.3 is 19.4 Å². The standard InChI is InChI=1S/C21H21N3O3S/c1-4-28-21-18-17(14-9-7-11-24(14)19(18)22)16(12(2)27-21)20(25)23-13-8-5-6-10-15(13)26-3/h5-11,17,22H,4H2,1-3H3,(H,23,25). The Balaban J connectivity index is 1.76. The number of carbonyl (C=O) groups excluding carboxylic acids is 1. The van der Waals surface area contributed by atoms with Crippen molar-refractivity contribution in [2.45, 2.75) is 19.8 Å². The predicted octanol–water partition coefficient (Wildman–Crippen LogP) is 4.33. The normalized spacial score (nSPS) is 18.0. The number of allylic oxidation sites excluding steroid dienone is 2.